The predicted octanol–water partition coefficient (Wildman–Crippen LogP) is 2.32. The van der Waals surface area contributed by atoms with E-state index >= 15 is 0 Å². The molecule has 0 fully saturated rings. The number of benzene rings is 1. The molecule has 1 aromatic carbocycles. The fourth-order valence-corrected chi connectivity index (χ4v) is 1.53. The fourth-order valence-electron chi connectivity index (χ4n) is 1.27. The Labute approximate surface area is 100 Å². The van der Waals surface area contributed by atoms with Crippen LogP contribution < -0.4 is 11.1 Å². The van der Waals surface area contributed by atoms with E-state index in [0.29, 0.717) is 6.54 Å². The molecule has 0 aliphatic carbocycles. The maximum absolute atomic E-state index is 5.64. The average molecular weight is 271 g/mol. The van der Waals surface area contributed by atoms with Crippen LogP contribution in [0.5, 0.6) is 0 Å². The summed E-state index contributed by atoms with van der Waals surface area (Å²) < 4.78 is 1.13. The zero-order valence-electron chi connectivity index (χ0n) is 9.39. The topological polar surface area (TPSA) is 38.0 Å². The molecule has 0 aliphatic rings. The zero-order valence-corrected chi connectivity index (χ0v) is 11.0. The molecule has 0 unspecified atom stereocenters. The molecule has 0 saturated heterocycles. The first kappa shape index (κ1) is 12.7. The van der Waals surface area contributed by atoms with Gasteiger partial charge in [0.2, 0.25) is 0 Å². The molecule has 0 aliphatic heterocycles. The van der Waals surface area contributed by atoms with E-state index in [0.717, 1.165) is 17.4 Å². The summed E-state index contributed by atoms with van der Waals surface area (Å²) in [6, 6.07) is 8.43. The number of hydrogen-bond donors (Lipinski definition) is 2. The molecule has 0 spiro atoms. The Kier molecular flexibility index (Phi) is 4.77. The first-order valence-electron chi connectivity index (χ1n) is 5.23. The maximum atomic E-state index is 5.64. The first-order chi connectivity index (χ1) is 7.03. The highest BCUT2D eigenvalue weighted by molar-refractivity contribution is 9.10. The van der Waals surface area contributed by atoms with Crippen molar-refractivity contribution in [2.75, 3.05) is 13.1 Å². The minimum Gasteiger partial charge on any atom is -0.329 e. The van der Waals surface area contributed by atoms with Crippen LogP contribution in [0.4, 0.5) is 0 Å². The van der Waals surface area contributed by atoms with Crippen LogP contribution in [-0.4, -0.2) is 18.6 Å². The van der Waals surface area contributed by atoms with Gasteiger partial charge in [0.25, 0.3) is 0 Å². The van der Waals surface area contributed by atoms with E-state index in [1.807, 2.05) is 0 Å². The summed E-state index contributed by atoms with van der Waals surface area (Å²) in [7, 11) is 0. The van der Waals surface area contributed by atoms with Gasteiger partial charge in [0.05, 0.1) is 0 Å². The molecule has 1 aromatic rings. The van der Waals surface area contributed by atoms with Crippen molar-refractivity contribution in [3.05, 3.63) is 34.3 Å². The van der Waals surface area contributed by atoms with Gasteiger partial charge in [-0.2, -0.15) is 0 Å². The van der Waals surface area contributed by atoms with E-state index in [-0.39, 0.29) is 5.54 Å². The van der Waals surface area contributed by atoms with Crippen LogP contribution in [0.15, 0.2) is 28.7 Å². The van der Waals surface area contributed by atoms with Crippen molar-refractivity contribution < 1.29 is 0 Å². The molecule has 0 heterocycles. The lowest BCUT2D eigenvalue weighted by atomic mass is 10.1. The summed E-state index contributed by atoms with van der Waals surface area (Å²) in [4.78, 5) is 0. The van der Waals surface area contributed by atoms with Gasteiger partial charge < -0.3 is 11.1 Å². The SMILES string of the molecule is CC(C)(CN)NCCc1ccc(Br)cc1. The van der Waals surface area contributed by atoms with Crippen LogP contribution >= 0.6 is 15.9 Å². The molecule has 0 radical (unpaired) electrons. The molecular formula is C12H19BrN2. The minimum atomic E-state index is 0.0371. The van der Waals surface area contributed by atoms with Gasteiger partial charge in [-0.05, 0) is 44.5 Å². The van der Waals surface area contributed by atoms with Crippen molar-refractivity contribution in [3.63, 3.8) is 0 Å². The molecule has 15 heavy (non-hydrogen) atoms. The molecule has 0 aromatic heterocycles. The van der Waals surface area contributed by atoms with E-state index < -0.39 is 0 Å². The molecular weight excluding hydrogens is 252 g/mol. The minimum absolute atomic E-state index is 0.0371. The fraction of sp³-hybridized carbons (Fsp3) is 0.500. The van der Waals surface area contributed by atoms with Crippen molar-refractivity contribution in [2.24, 2.45) is 5.73 Å². The highest BCUT2D eigenvalue weighted by atomic mass is 79.9. The molecule has 2 nitrogen and oxygen atoms in total. The molecule has 3 heteroatoms. The van der Waals surface area contributed by atoms with Gasteiger partial charge in [-0.15, -0.1) is 0 Å². The second kappa shape index (κ2) is 5.64. The van der Waals surface area contributed by atoms with Gasteiger partial charge in [0, 0.05) is 16.6 Å². The smallest absolute Gasteiger partial charge is 0.0247 e. The van der Waals surface area contributed by atoms with Crippen LogP contribution in [-0.2, 0) is 6.42 Å². The molecule has 0 bridgehead atoms. The Morgan fingerprint density at radius 3 is 2.40 bits per heavy atom. The van der Waals surface area contributed by atoms with Crippen LogP contribution in [0.25, 0.3) is 0 Å². The highest BCUT2D eigenvalue weighted by Crippen LogP contribution is 2.10. The summed E-state index contributed by atoms with van der Waals surface area (Å²) in [6.45, 7) is 5.86. The second-order valence-corrected chi connectivity index (χ2v) is 5.31. The maximum Gasteiger partial charge on any atom is 0.0247 e. The lowest BCUT2D eigenvalue weighted by Gasteiger charge is -2.24. The van der Waals surface area contributed by atoms with Gasteiger partial charge in [-0.1, -0.05) is 28.1 Å². The van der Waals surface area contributed by atoms with Gasteiger partial charge in [0.15, 0.2) is 0 Å². The molecule has 0 atom stereocenters. The predicted molar refractivity (Wildman–Crippen MR) is 69.0 cm³/mol. The van der Waals surface area contributed by atoms with E-state index in [4.69, 9.17) is 5.73 Å². The van der Waals surface area contributed by atoms with Crippen molar-refractivity contribution in [3.8, 4) is 0 Å². The third-order valence-corrected chi connectivity index (χ3v) is 2.97. The van der Waals surface area contributed by atoms with Crippen molar-refractivity contribution >= 4 is 15.9 Å². The molecule has 0 amide bonds. The summed E-state index contributed by atoms with van der Waals surface area (Å²) in [5, 5.41) is 3.44. The second-order valence-electron chi connectivity index (χ2n) is 4.39. The van der Waals surface area contributed by atoms with Gasteiger partial charge >= 0.3 is 0 Å². The zero-order chi connectivity index (χ0) is 11.3. The molecule has 0 saturated carbocycles. The van der Waals surface area contributed by atoms with Crippen molar-refractivity contribution in [1.82, 2.24) is 5.32 Å². The first-order valence-corrected chi connectivity index (χ1v) is 6.02. The standard InChI is InChI=1S/C12H19BrN2/c1-12(2,9-14)15-8-7-10-3-5-11(13)6-4-10/h3-6,15H,7-9,14H2,1-2H3. The molecule has 84 valence electrons. The lowest BCUT2D eigenvalue weighted by molar-refractivity contribution is 0.402. The Balaban J connectivity index is 2.35. The lowest BCUT2D eigenvalue weighted by Crippen LogP contribution is -2.46. The highest BCUT2D eigenvalue weighted by Gasteiger charge is 2.12. The number of nitrogens with one attached hydrogen (secondary N) is 1. The van der Waals surface area contributed by atoms with Gasteiger partial charge in [-0.3, -0.25) is 0 Å². The van der Waals surface area contributed by atoms with E-state index in [9.17, 15) is 0 Å². The van der Waals surface area contributed by atoms with Crippen LogP contribution in [0, 0.1) is 0 Å². The van der Waals surface area contributed by atoms with Gasteiger partial charge in [-0.25, -0.2) is 0 Å². The van der Waals surface area contributed by atoms with E-state index in [1.165, 1.54) is 5.56 Å². The Bertz CT molecular complexity index is 293. The van der Waals surface area contributed by atoms with Crippen molar-refractivity contribution in [2.45, 2.75) is 25.8 Å². The van der Waals surface area contributed by atoms with Crippen LogP contribution in [0.2, 0.25) is 0 Å². The Morgan fingerprint density at radius 1 is 1.27 bits per heavy atom. The summed E-state index contributed by atoms with van der Waals surface area (Å²) in [5.41, 5.74) is 7.02. The number of nitrogens with two attached hydrogens (primary N) is 1. The van der Waals surface area contributed by atoms with E-state index in [2.05, 4.69) is 59.4 Å². The number of rotatable bonds is 5. The van der Waals surface area contributed by atoms with Crippen LogP contribution in [0.3, 0.4) is 0 Å². The Hall–Kier alpha value is -0.380. The number of halogens is 1. The number of hydrogen-bond acceptors (Lipinski definition) is 2. The third kappa shape index (κ3) is 4.78. The summed E-state index contributed by atoms with van der Waals surface area (Å²) in [6.07, 6.45) is 1.04. The monoisotopic (exact) mass is 270 g/mol. The Morgan fingerprint density at radius 2 is 1.87 bits per heavy atom. The normalized spacial score (nSPS) is 11.7. The van der Waals surface area contributed by atoms with Crippen LogP contribution in [0.1, 0.15) is 19.4 Å². The largest absolute Gasteiger partial charge is 0.329 e. The van der Waals surface area contributed by atoms with Gasteiger partial charge in [0.1, 0.15) is 0 Å². The molecule has 1 rings (SSSR count). The van der Waals surface area contributed by atoms with Crippen molar-refractivity contribution in [1.29, 1.82) is 0 Å². The quantitative estimate of drug-likeness (QED) is 0.862. The third-order valence-electron chi connectivity index (χ3n) is 2.44. The van der Waals surface area contributed by atoms with E-state index in [1.54, 1.807) is 0 Å². The summed E-state index contributed by atoms with van der Waals surface area (Å²) >= 11 is 3.42. The average Bonchev–Trinajstić information content (AvgIpc) is 2.21. The summed E-state index contributed by atoms with van der Waals surface area (Å²) in [5.74, 6) is 0. The molecule has 3 N–H and O–H groups in total.